The summed E-state index contributed by atoms with van der Waals surface area (Å²) in [7, 11) is -5.01. The van der Waals surface area contributed by atoms with Crippen molar-refractivity contribution in [3.63, 3.8) is 0 Å². The molecule has 13 heteroatoms. The summed E-state index contributed by atoms with van der Waals surface area (Å²) < 4.78 is 34.2. The van der Waals surface area contributed by atoms with E-state index in [1.807, 2.05) is 0 Å². The van der Waals surface area contributed by atoms with E-state index in [9.17, 15) is 39.8 Å². The van der Waals surface area contributed by atoms with Gasteiger partial charge in [-0.25, -0.2) is 4.57 Å². The third-order valence-corrected chi connectivity index (χ3v) is 12.6. The fourth-order valence-electron chi connectivity index (χ4n) is 7.70. The normalized spacial score (nSPS) is 22.3. The maximum Gasteiger partial charge on any atom is 0.472 e. The summed E-state index contributed by atoms with van der Waals surface area (Å²) in [6.45, 7) is 4.28. The molecule has 0 aromatic rings. The zero-order valence-electron chi connectivity index (χ0n) is 38.0. The first kappa shape index (κ1) is 57.1. The van der Waals surface area contributed by atoms with Gasteiger partial charge in [-0.15, -0.1) is 0 Å². The summed E-state index contributed by atoms with van der Waals surface area (Å²) >= 11 is 0. The highest BCUT2D eigenvalue weighted by Gasteiger charge is 2.51. The Kier molecular flexibility index (Phi) is 36.7. The number of aliphatic hydroxyl groups is 5. The number of hydrogen-bond acceptors (Lipinski definition) is 11. The molecule has 6 atom stereocenters. The minimum Gasteiger partial charge on any atom is -0.457 e. The Morgan fingerprint density at radius 2 is 0.883 bits per heavy atom. The summed E-state index contributed by atoms with van der Waals surface area (Å²) in [5, 5.41) is 50.2. The van der Waals surface area contributed by atoms with Crippen LogP contribution in [-0.4, -0.2) is 98.9 Å². The highest BCUT2D eigenvalue weighted by atomic mass is 31.2. The summed E-state index contributed by atoms with van der Waals surface area (Å²) in [6.07, 6.45) is 29.9. The van der Waals surface area contributed by atoms with Crippen molar-refractivity contribution in [1.82, 2.24) is 0 Å². The topological polar surface area (TPSA) is 192 Å². The molecule has 6 N–H and O–H groups in total. The molecule has 0 heterocycles. The molecule has 1 aliphatic carbocycles. The Morgan fingerprint density at radius 1 is 0.517 bits per heavy atom. The molecule has 1 fully saturated rings. The van der Waals surface area contributed by atoms with E-state index < -0.39 is 63.1 Å². The van der Waals surface area contributed by atoms with Crippen molar-refractivity contribution >= 4 is 13.8 Å². The van der Waals surface area contributed by atoms with Gasteiger partial charge in [0.1, 0.15) is 42.7 Å². The highest BCUT2D eigenvalue weighted by molar-refractivity contribution is 7.47. The lowest BCUT2D eigenvalue weighted by Gasteiger charge is -2.41. The quantitative estimate of drug-likeness (QED) is 0.0147. The minimum atomic E-state index is -5.01. The van der Waals surface area contributed by atoms with Crippen molar-refractivity contribution in [3.8, 4) is 0 Å². The van der Waals surface area contributed by atoms with E-state index in [1.165, 1.54) is 154 Å². The van der Waals surface area contributed by atoms with Crippen LogP contribution >= 0.6 is 7.82 Å². The summed E-state index contributed by atoms with van der Waals surface area (Å²) in [4.78, 5) is 23.2. The second kappa shape index (κ2) is 38.5. The standard InChI is InChI=1S/C47H91O12P/c1-3-5-7-9-11-13-15-17-19-20-21-23-25-27-29-31-33-35-37-56-38-40(39-57-60(54,55)59-47-45(52)43(50)42(49)44(51)46(47)53)58-41(48)36-34-32-30-28-26-24-22-18-16-14-12-10-8-6-4-2/h17,19,40,42-47,49-53H,3-16,18,20-39H2,1-2H3,(H,54,55)/b19-17-. The molecule has 1 rings (SSSR count). The van der Waals surface area contributed by atoms with Crippen molar-refractivity contribution in [3.05, 3.63) is 12.2 Å². The van der Waals surface area contributed by atoms with Gasteiger partial charge in [-0.05, 0) is 38.5 Å². The third kappa shape index (κ3) is 30.2. The van der Waals surface area contributed by atoms with Crippen LogP contribution in [0, 0.1) is 0 Å². The van der Waals surface area contributed by atoms with Crippen molar-refractivity contribution in [1.29, 1.82) is 0 Å². The fourth-order valence-corrected chi connectivity index (χ4v) is 8.68. The maximum atomic E-state index is 12.8. The van der Waals surface area contributed by atoms with Crippen LogP contribution in [-0.2, 0) is 27.9 Å². The van der Waals surface area contributed by atoms with Gasteiger partial charge in [0, 0.05) is 13.0 Å². The molecule has 60 heavy (non-hydrogen) atoms. The molecule has 0 aromatic heterocycles. The van der Waals surface area contributed by atoms with Crippen molar-refractivity contribution < 1.29 is 58.3 Å². The van der Waals surface area contributed by atoms with Crippen LogP contribution in [0.5, 0.6) is 0 Å². The second-order valence-electron chi connectivity index (χ2n) is 17.3. The Bertz CT molecular complexity index is 1050. The van der Waals surface area contributed by atoms with Crippen molar-refractivity contribution in [2.24, 2.45) is 0 Å². The van der Waals surface area contributed by atoms with E-state index in [2.05, 4.69) is 26.0 Å². The lowest BCUT2D eigenvalue weighted by molar-refractivity contribution is -0.220. The van der Waals surface area contributed by atoms with Crippen LogP contribution in [0.3, 0.4) is 0 Å². The zero-order chi connectivity index (χ0) is 44.1. The van der Waals surface area contributed by atoms with Crippen LogP contribution < -0.4 is 0 Å². The molecule has 356 valence electrons. The van der Waals surface area contributed by atoms with E-state index >= 15 is 0 Å². The maximum absolute atomic E-state index is 12.8. The molecule has 6 unspecified atom stereocenters. The number of carbonyl (C=O) groups is 1. The monoisotopic (exact) mass is 879 g/mol. The van der Waals surface area contributed by atoms with Crippen LogP contribution in [0.25, 0.3) is 0 Å². The first-order valence-corrected chi connectivity index (χ1v) is 26.0. The number of ether oxygens (including phenoxy) is 2. The molecule has 1 saturated carbocycles. The van der Waals surface area contributed by atoms with Crippen LogP contribution in [0.1, 0.15) is 219 Å². The van der Waals surface area contributed by atoms with E-state index in [1.54, 1.807) is 0 Å². The molecule has 0 amide bonds. The highest BCUT2D eigenvalue weighted by Crippen LogP contribution is 2.47. The minimum absolute atomic E-state index is 0.0731. The number of unbranched alkanes of at least 4 members (excludes halogenated alkanes) is 28. The number of rotatable bonds is 42. The first-order valence-electron chi connectivity index (χ1n) is 24.5. The van der Waals surface area contributed by atoms with Gasteiger partial charge in [-0.1, -0.05) is 187 Å². The van der Waals surface area contributed by atoms with Crippen LogP contribution in [0.4, 0.5) is 0 Å². The summed E-state index contributed by atoms with van der Waals surface area (Å²) in [5.74, 6) is -0.474. The smallest absolute Gasteiger partial charge is 0.457 e. The van der Waals surface area contributed by atoms with Gasteiger partial charge in [-0.2, -0.15) is 0 Å². The average Bonchev–Trinajstić information content (AvgIpc) is 3.23. The molecule has 0 saturated heterocycles. The van der Waals surface area contributed by atoms with Crippen LogP contribution in [0.2, 0.25) is 0 Å². The van der Waals surface area contributed by atoms with Crippen molar-refractivity contribution in [2.75, 3.05) is 19.8 Å². The predicted molar refractivity (Wildman–Crippen MR) is 240 cm³/mol. The van der Waals surface area contributed by atoms with Crippen LogP contribution in [0.15, 0.2) is 12.2 Å². The van der Waals surface area contributed by atoms with Gasteiger partial charge in [-0.3, -0.25) is 13.8 Å². The van der Waals surface area contributed by atoms with E-state index in [0.29, 0.717) is 13.0 Å². The molecule has 0 aromatic carbocycles. The molecule has 0 spiro atoms. The molecule has 12 nitrogen and oxygen atoms in total. The predicted octanol–water partition coefficient (Wildman–Crippen LogP) is 10.3. The molecule has 0 aliphatic heterocycles. The van der Waals surface area contributed by atoms with Gasteiger partial charge < -0.3 is 39.9 Å². The van der Waals surface area contributed by atoms with Gasteiger partial charge >= 0.3 is 13.8 Å². The summed E-state index contributed by atoms with van der Waals surface area (Å²) in [6, 6.07) is 0. The average molecular weight is 879 g/mol. The first-order chi connectivity index (χ1) is 29.0. The SMILES string of the molecule is CCCCCCCC/C=C\CCCCCCCCCCOCC(COP(=O)(O)OC1C(O)C(O)C(O)C(O)C1O)OC(=O)CCCCCCCCCCCCCCCCC. The Morgan fingerprint density at radius 3 is 1.32 bits per heavy atom. The Hall–Kier alpha value is -0.920. The largest absolute Gasteiger partial charge is 0.472 e. The molecule has 0 radical (unpaired) electrons. The molecular weight excluding hydrogens is 787 g/mol. The van der Waals surface area contributed by atoms with E-state index in [0.717, 1.165) is 38.5 Å². The zero-order valence-corrected chi connectivity index (χ0v) is 38.9. The van der Waals surface area contributed by atoms with Crippen molar-refractivity contribution in [2.45, 2.75) is 262 Å². The number of aliphatic hydroxyl groups excluding tert-OH is 5. The van der Waals surface area contributed by atoms with Gasteiger partial charge in [0.2, 0.25) is 0 Å². The molecular formula is C47H91O12P. The number of phosphoric acid groups is 1. The van der Waals surface area contributed by atoms with Gasteiger partial charge in [0.05, 0.1) is 13.2 Å². The Labute approximate surface area is 365 Å². The van der Waals surface area contributed by atoms with Gasteiger partial charge in [0.15, 0.2) is 0 Å². The fraction of sp³-hybridized carbons (Fsp3) is 0.936. The number of phosphoric ester groups is 1. The second-order valence-corrected chi connectivity index (χ2v) is 18.7. The number of hydrogen-bond donors (Lipinski definition) is 6. The lowest BCUT2D eigenvalue weighted by Crippen LogP contribution is -2.64. The van der Waals surface area contributed by atoms with E-state index in [-0.39, 0.29) is 13.0 Å². The van der Waals surface area contributed by atoms with Gasteiger partial charge in [0.25, 0.3) is 0 Å². The third-order valence-electron chi connectivity index (χ3n) is 11.6. The van der Waals surface area contributed by atoms with E-state index in [4.69, 9.17) is 18.5 Å². The number of esters is 1. The molecule has 0 bridgehead atoms. The summed E-state index contributed by atoms with van der Waals surface area (Å²) in [5.41, 5.74) is 0. The Balaban J connectivity index is 2.36. The number of carbonyl (C=O) groups excluding carboxylic acids is 1. The molecule has 1 aliphatic rings. The number of allylic oxidation sites excluding steroid dienone is 2. The lowest BCUT2D eigenvalue weighted by atomic mass is 9.85.